The Morgan fingerprint density at radius 2 is 2.47 bits per heavy atom. The van der Waals surface area contributed by atoms with E-state index in [1.807, 2.05) is 6.07 Å². The van der Waals surface area contributed by atoms with Gasteiger partial charge in [-0.1, -0.05) is 11.6 Å². The molecule has 4 heteroatoms. The summed E-state index contributed by atoms with van der Waals surface area (Å²) in [6, 6.07) is 4.60. The first-order valence-corrected chi connectivity index (χ1v) is 6.59. The van der Waals surface area contributed by atoms with Crippen LogP contribution in [0.5, 0.6) is 0 Å². The zero-order valence-electron chi connectivity index (χ0n) is 8.95. The summed E-state index contributed by atoms with van der Waals surface area (Å²) in [5, 5.41) is 0. The van der Waals surface area contributed by atoms with Crippen LogP contribution in [0.2, 0.25) is 4.34 Å². The second-order valence-electron chi connectivity index (χ2n) is 4.20. The van der Waals surface area contributed by atoms with E-state index in [-0.39, 0.29) is 0 Å². The van der Waals surface area contributed by atoms with Crippen LogP contribution in [-0.2, 0) is 0 Å². The lowest BCUT2D eigenvalue weighted by Gasteiger charge is -2.23. The highest BCUT2D eigenvalue weighted by Gasteiger charge is 2.26. The Morgan fingerprint density at radius 3 is 3.00 bits per heavy atom. The van der Waals surface area contributed by atoms with Gasteiger partial charge in [0.05, 0.1) is 4.34 Å². The van der Waals surface area contributed by atoms with Crippen LogP contribution in [-0.4, -0.2) is 24.5 Å². The van der Waals surface area contributed by atoms with E-state index >= 15 is 0 Å². The molecule has 2 unspecified atom stereocenters. The summed E-state index contributed by atoms with van der Waals surface area (Å²) in [4.78, 5) is 3.86. The minimum absolute atomic E-state index is 0.485. The van der Waals surface area contributed by atoms with Crippen LogP contribution >= 0.6 is 22.9 Å². The van der Waals surface area contributed by atoms with E-state index < -0.39 is 0 Å². The second-order valence-corrected chi connectivity index (χ2v) is 5.95. The molecule has 2 N–H and O–H groups in total. The minimum atomic E-state index is 0.485. The lowest BCUT2D eigenvalue weighted by Crippen LogP contribution is -2.25. The third kappa shape index (κ3) is 2.53. The SMILES string of the molecule is CC(c1ccc(Cl)s1)N1CCC(CN)C1. The van der Waals surface area contributed by atoms with Gasteiger partial charge in [0.2, 0.25) is 0 Å². The maximum absolute atomic E-state index is 5.95. The van der Waals surface area contributed by atoms with Crippen molar-refractivity contribution in [2.24, 2.45) is 11.7 Å². The first-order valence-electron chi connectivity index (χ1n) is 5.40. The zero-order chi connectivity index (χ0) is 10.8. The Morgan fingerprint density at radius 1 is 1.67 bits per heavy atom. The largest absolute Gasteiger partial charge is 0.330 e. The van der Waals surface area contributed by atoms with E-state index in [9.17, 15) is 0 Å². The van der Waals surface area contributed by atoms with Crippen LogP contribution in [0, 0.1) is 5.92 Å². The van der Waals surface area contributed by atoms with Crippen molar-refractivity contribution < 1.29 is 0 Å². The number of nitrogens with zero attached hydrogens (tertiary/aromatic N) is 1. The minimum Gasteiger partial charge on any atom is -0.330 e. The summed E-state index contributed by atoms with van der Waals surface area (Å²) in [5.41, 5.74) is 5.69. The molecule has 0 bridgehead atoms. The van der Waals surface area contributed by atoms with Crippen LogP contribution < -0.4 is 5.73 Å². The highest BCUT2D eigenvalue weighted by Crippen LogP contribution is 2.32. The smallest absolute Gasteiger partial charge is 0.0931 e. The van der Waals surface area contributed by atoms with E-state index in [1.165, 1.54) is 17.8 Å². The summed E-state index contributed by atoms with van der Waals surface area (Å²) in [6.45, 7) is 5.36. The standard InChI is InChI=1S/C11H17ClN2S/c1-8(10-2-3-11(12)15-10)14-5-4-9(6-13)7-14/h2-3,8-9H,4-7,13H2,1H3. The number of hydrogen-bond donors (Lipinski definition) is 1. The van der Waals surface area contributed by atoms with Crippen molar-refractivity contribution in [3.63, 3.8) is 0 Å². The molecule has 1 aromatic heterocycles. The van der Waals surface area contributed by atoms with Gasteiger partial charge >= 0.3 is 0 Å². The molecule has 1 aromatic rings. The lowest BCUT2D eigenvalue weighted by atomic mass is 10.1. The van der Waals surface area contributed by atoms with Gasteiger partial charge in [0.15, 0.2) is 0 Å². The number of thiophene rings is 1. The van der Waals surface area contributed by atoms with Gasteiger partial charge < -0.3 is 5.73 Å². The third-order valence-electron chi connectivity index (χ3n) is 3.20. The molecular formula is C11H17ClN2S. The van der Waals surface area contributed by atoms with Gasteiger partial charge in [0.1, 0.15) is 0 Å². The molecule has 0 amide bonds. The summed E-state index contributed by atoms with van der Waals surface area (Å²) < 4.78 is 0.881. The Bertz CT molecular complexity index is 326. The highest BCUT2D eigenvalue weighted by atomic mass is 35.5. The van der Waals surface area contributed by atoms with Crippen LogP contribution in [0.15, 0.2) is 12.1 Å². The van der Waals surface area contributed by atoms with Crippen LogP contribution in [0.1, 0.15) is 24.3 Å². The maximum Gasteiger partial charge on any atom is 0.0931 e. The van der Waals surface area contributed by atoms with Gasteiger partial charge in [-0.2, -0.15) is 0 Å². The molecule has 84 valence electrons. The molecule has 0 saturated carbocycles. The van der Waals surface area contributed by atoms with E-state index in [0.29, 0.717) is 12.0 Å². The van der Waals surface area contributed by atoms with Crippen molar-refractivity contribution in [3.05, 3.63) is 21.3 Å². The van der Waals surface area contributed by atoms with E-state index in [1.54, 1.807) is 11.3 Å². The Kier molecular flexibility index (Phi) is 3.67. The van der Waals surface area contributed by atoms with Gasteiger partial charge in [0, 0.05) is 17.5 Å². The van der Waals surface area contributed by atoms with E-state index in [4.69, 9.17) is 17.3 Å². The topological polar surface area (TPSA) is 29.3 Å². The molecule has 1 aliphatic rings. The molecule has 1 aliphatic heterocycles. The molecule has 1 saturated heterocycles. The van der Waals surface area contributed by atoms with Gasteiger partial charge in [-0.15, -0.1) is 11.3 Å². The monoisotopic (exact) mass is 244 g/mol. The van der Waals surface area contributed by atoms with Crippen molar-refractivity contribution in [2.75, 3.05) is 19.6 Å². The molecule has 1 fully saturated rings. The van der Waals surface area contributed by atoms with E-state index in [0.717, 1.165) is 17.4 Å². The predicted molar refractivity (Wildman–Crippen MR) is 66.5 cm³/mol. The van der Waals surface area contributed by atoms with Crippen LogP contribution in [0.3, 0.4) is 0 Å². The lowest BCUT2D eigenvalue weighted by molar-refractivity contribution is 0.257. The fourth-order valence-corrected chi connectivity index (χ4v) is 3.29. The quantitative estimate of drug-likeness (QED) is 0.886. The van der Waals surface area contributed by atoms with Gasteiger partial charge in [-0.25, -0.2) is 0 Å². The average Bonchev–Trinajstić information content (AvgIpc) is 2.84. The predicted octanol–water partition coefficient (Wildman–Crippen LogP) is 2.74. The second kappa shape index (κ2) is 4.83. The van der Waals surface area contributed by atoms with E-state index in [2.05, 4.69) is 17.9 Å². The molecule has 2 heterocycles. The van der Waals surface area contributed by atoms with Gasteiger partial charge in [0.25, 0.3) is 0 Å². The molecule has 15 heavy (non-hydrogen) atoms. The van der Waals surface area contributed by atoms with Crippen molar-refractivity contribution in [3.8, 4) is 0 Å². The molecule has 0 radical (unpaired) electrons. The fraction of sp³-hybridized carbons (Fsp3) is 0.636. The Balaban J connectivity index is 2.00. The van der Waals surface area contributed by atoms with Gasteiger partial charge in [-0.3, -0.25) is 4.90 Å². The molecular weight excluding hydrogens is 228 g/mol. The first kappa shape index (κ1) is 11.4. The van der Waals surface area contributed by atoms with Crippen molar-refractivity contribution in [2.45, 2.75) is 19.4 Å². The first-order chi connectivity index (χ1) is 7.20. The molecule has 2 nitrogen and oxygen atoms in total. The number of hydrogen-bond acceptors (Lipinski definition) is 3. The summed E-state index contributed by atoms with van der Waals surface area (Å²) in [6.07, 6.45) is 1.24. The third-order valence-corrected chi connectivity index (χ3v) is 4.61. The number of nitrogens with two attached hydrogens (primary N) is 1. The zero-order valence-corrected chi connectivity index (χ0v) is 10.5. The van der Waals surface area contributed by atoms with Crippen molar-refractivity contribution >= 4 is 22.9 Å². The number of rotatable bonds is 3. The van der Waals surface area contributed by atoms with Crippen molar-refractivity contribution in [1.29, 1.82) is 0 Å². The fourth-order valence-electron chi connectivity index (χ4n) is 2.14. The number of halogens is 1. The van der Waals surface area contributed by atoms with Crippen LogP contribution in [0.4, 0.5) is 0 Å². The highest BCUT2D eigenvalue weighted by molar-refractivity contribution is 7.16. The Labute approximate surface area is 100 Å². The maximum atomic E-state index is 5.95. The molecule has 0 spiro atoms. The Hall–Kier alpha value is -0.0900. The summed E-state index contributed by atoms with van der Waals surface area (Å²) in [7, 11) is 0. The number of likely N-dealkylation sites (tertiary alicyclic amines) is 1. The van der Waals surface area contributed by atoms with Crippen LogP contribution in [0.25, 0.3) is 0 Å². The average molecular weight is 245 g/mol. The normalized spacial score (nSPS) is 24.6. The van der Waals surface area contributed by atoms with Crippen molar-refractivity contribution in [1.82, 2.24) is 4.90 Å². The summed E-state index contributed by atoms with van der Waals surface area (Å²) in [5.74, 6) is 0.683. The molecule has 0 aromatic carbocycles. The molecule has 2 rings (SSSR count). The summed E-state index contributed by atoms with van der Waals surface area (Å²) >= 11 is 7.63. The molecule has 2 atom stereocenters. The van der Waals surface area contributed by atoms with Gasteiger partial charge in [-0.05, 0) is 44.5 Å². The molecule has 0 aliphatic carbocycles.